The van der Waals surface area contributed by atoms with E-state index in [2.05, 4.69) is 49.7 Å². The van der Waals surface area contributed by atoms with Gasteiger partial charge in [0.2, 0.25) is 0 Å². The average molecular weight is 267 g/mol. The van der Waals surface area contributed by atoms with Crippen LogP contribution in [0.15, 0.2) is 24.3 Å². The van der Waals surface area contributed by atoms with Crippen LogP contribution in [0, 0.1) is 6.92 Å². The van der Waals surface area contributed by atoms with E-state index in [9.17, 15) is 0 Å². The molecule has 0 aliphatic carbocycles. The van der Waals surface area contributed by atoms with Gasteiger partial charge in [0.05, 0.1) is 0 Å². The maximum atomic E-state index is 9.06. The number of nitrogens with one attached hydrogen (secondary N) is 1. The molecule has 2 nitrogen and oxygen atoms in total. The minimum Gasteiger partial charge on any atom is -0.396 e. The van der Waals surface area contributed by atoms with Gasteiger partial charge in [0.1, 0.15) is 0 Å². The highest BCUT2D eigenvalue weighted by molar-refractivity contribution is 7.98. The number of rotatable bonds is 8. The number of benzene rings is 1. The molecule has 18 heavy (non-hydrogen) atoms. The van der Waals surface area contributed by atoms with Crippen molar-refractivity contribution < 1.29 is 5.11 Å². The summed E-state index contributed by atoms with van der Waals surface area (Å²) in [5.74, 6) is 1.05. The molecule has 0 fully saturated rings. The Kier molecular flexibility index (Phi) is 7.40. The third-order valence-corrected chi connectivity index (χ3v) is 3.89. The molecule has 0 spiro atoms. The van der Waals surface area contributed by atoms with Gasteiger partial charge in [-0.3, -0.25) is 0 Å². The Morgan fingerprint density at radius 1 is 1.33 bits per heavy atom. The van der Waals surface area contributed by atoms with Gasteiger partial charge >= 0.3 is 0 Å². The van der Waals surface area contributed by atoms with E-state index in [1.54, 1.807) is 0 Å². The Bertz CT molecular complexity index is 337. The predicted molar refractivity (Wildman–Crippen MR) is 81.4 cm³/mol. The monoisotopic (exact) mass is 267 g/mol. The van der Waals surface area contributed by atoms with Crippen LogP contribution in [0.5, 0.6) is 0 Å². The fraction of sp³-hybridized carbons (Fsp3) is 0.600. The molecule has 0 radical (unpaired) electrons. The van der Waals surface area contributed by atoms with Crippen LogP contribution in [0.25, 0.3) is 0 Å². The van der Waals surface area contributed by atoms with Crippen molar-refractivity contribution in [2.24, 2.45) is 0 Å². The lowest BCUT2D eigenvalue weighted by Gasteiger charge is -2.22. The predicted octanol–water partition coefficient (Wildman–Crippen LogP) is 2.63. The first-order valence-corrected chi connectivity index (χ1v) is 7.97. The van der Waals surface area contributed by atoms with Gasteiger partial charge in [0, 0.05) is 24.4 Å². The second-order valence-electron chi connectivity index (χ2n) is 4.86. The van der Waals surface area contributed by atoms with Crippen LogP contribution in [0.2, 0.25) is 0 Å². The molecule has 0 amide bonds. The fourth-order valence-electron chi connectivity index (χ4n) is 2.20. The zero-order valence-corrected chi connectivity index (χ0v) is 12.5. The van der Waals surface area contributed by atoms with Crippen molar-refractivity contribution in [1.29, 1.82) is 0 Å². The minimum atomic E-state index is 0.259. The number of aliphatic hydroxyl groups is 1. The van der Waals surface area contributed by atoms with E-state index in [-0.39, 0.29) is 6.61 Å². The van der Waals surface area contributed by atoms with E-state index in [1.165, 1.54) is 11.1 Å². The van der Waals surface area contributed by atoms with Gasteiger partial charge in [-0.1, -0.05) is 24.3 Å². The molecule has 2 unspecified atom stereocenters. The Morgan fingerprint density at radius 3 is 2.67 bits per heavy atom. The van der Waals surface area contributed by atoms with Gasteiger partial charge in [0.25, 0.3) is 0 Å². The highest BCUT2D eigenvalue weighted by Crippen LogP contribution is 2.11. The van der Waals surface area contributed by atoms with E-state index >= 15 is 0 Å². The minimum absolute atomic E-state index is 0.259. The summed E-state index contributed by atoms with van der Waals surface area (Å²) >= 11 is 1.83. The third-order valence-electron chi connectivity index (χ3n) is 3.15. The van der Waals surface area contributed by atoms with Crippen molar-refractivity contribution in [2.75, 3.05) is 18.6 Å². The first kappa shape index (κ1) is 15.5. The first-order chi connectivity index (χ1) is 8.67. The smallest absolute Gasteiger partial charge is 0.0446 e. The molecular weight excluding hydrogens is 242 g/mol. The summed E-state index contributed by atoms with van der Waals surface area (Å²) in [6.45, 7) is 4.64. The Morgan fingerprint density at radius 2 is 2.06 bits per heavy atom. The molecule has 0 aliphatic heterocycles. The molecule has 2 N–H and O–H groups in total. The second kappa shape index (κ2) is 8.57. The molecule has 0 bridgehead atoms. The van der Waals surface area contributed by atoms with E-state index in [1.807, 2.05) is 11.8 Å². The van der Waals surface area contributed by atoms with Gasteiger partial charge < -0.3 is 10.4 Å². The number of hydrogen-bond acceptors (Lipinski definition) is 3. The Labute approximate surface area is 115 Å². The molecule has 1 rings (SSSR count). The molecule has 0 saturated carbocycles. The molecule has 0 aromatic heterocycles. The number of hydrogen-bond donors (Lipinski definition) is 2. The molecule has 0 heterocycles. The van der Waals surface area contributed by atoms with Crippen LogP contribution in [-0.4, -0.2) is 35.8 Å². The molecule has 102 valence electrons. The molecule has 1 aromatic carbocycles. The SMILES string of the molecule is CSCC(CCO)NC(C)Cc1ccccc1C. The van der Waals surface area contributed by atoms with Crippen molar-refractivity contribution in [3.05, 3.63) is 35.4 Å². The second-order valence-corrected chi connectivity index (χ2v) is 5.77. The maximum Gasteiger partial charge on any atom is 0.0446 e. The molecular formula is C15H25NOS. The summed E-state index contributed by atoms with van der Waals surface area (Å²) < 4.78 is 0. The van der Waals surface area contributed by atoms with Crippen LogP contribution < -0.4 is 5.32 Å². The summed E-state index contributed by atoms with van der Waals surface area (Å²) in [5.41, 5.74) is 2.76. The van der Waals surface area contributed by atoms with Gasteiger partial charge in [-0.05, 0) is 44.1 Å². The summed E-state index contributed by atoms with van der Waals surface area (Å²) in [5, 5.41) is 12.7. The van der Waals surface area contributed by atoms with Gasteiger partial charge in [-0.25, -0.2) is 0 Å². The largest absolute Gasteiger partial charge is 0.396 e. The number of aryl methyl sites for hydroxylation is 1. The Balaban J connectivity index is 2.49. The van der Waals surface area contributed by atoms with Crippen LogP contribution in [0.3, 0.4) is 0 Å². The van der Waals surface area contributed by atoms with Gasteiger partial charge in [-0.2, -0.15) is 11.8 Å². The lowest BCUT2D eigenvalue weighted by Crippen LogP contribution is -2.40. The molecule has 1 aromatic rings. The fourth-order valence-corrected chi connectivity index (χ4v) is 2.87. The van der Waals surface area contributed by atoms with Crippen LogP contribution in [-0.2, 0) is 6.42 Å². The van der Waals surface area contributed by atoms with Crippen molar-refractivity contribution in [2.45, 2.75) is 38.8 Å². The lowest BCUT2D eigenvalue weighted by atomic mass is 10.0. The van der Waals surface area contributed by atoms with Crippen LogP contribution in [0.4, 0.5) is 0 Å². The van der Waals surface area contributed by atoms with Crippen molar-refractivity contribution >= 4 is 11.8 Å². The first-order valence-electron chi connectivity index (χ1n) is 6.57. The van der Waals surface area contributed by atoms with E-state index < -0.39 is 0 Å². The lowest BCUT2D eigenvalue weighted by molar-refractivity contribution is 0.265. The number of thioether (sulfide) groups is 1. The Hall–Kier alpha value is -0.510. The van der Waals surface area contributed by atoms with Crippen LogP contribution in [0.1, 0.15) is 24.5 Å². The highest BCUT2D eigenvalue weighted by atomic mass is 32.2. The quantitative estimate of drug-likeness (QED) is 0.759. The molecule has 0 aliphatic rings. The van der Waals surface area contributed by atoms with Gasteiger partial charge in [0.15, 0.2) is 0 Å². The van der Waals surface area contributed by atoms with Crippen LogP contribution >= 0.6 is 11.8 Å². The molecule has 0 saturated heterocycles. The van der Waals surface area contributed by atoms with Crippen molar-refractivity contribution in [3.8, 4) is 0 Å². The maximum absolute atomic E-state index is 9.06. The molecule has 2 atom stereocenters. The zero-order chi connectivity index (χ0) is 13.4. The molecule has 3 heteroatoms. The highest BCUT2D eigenvalue weighted by Gasteiger charge is 2.12. The third kappa shape index (κ3) is 5.42. The van der Waals surface area contributed by atoms with Crippen molar-refractivity contribution in [3.63, 3.8) is 0 Å². The number of aliphatic hydroxyl groups excluding tert-OH is 1. The normalized spacial score (nSPS) is 14.4. The summed E-state index contributed by atoms with van der Waals surface area (Å²) in [6.07, 6.45) is 3.99. The van der Waals surface area contributed by atoms with E-state index in [4.69, 9.17) is 5.11 Å². The van der Waals surface area contributed by atoms with E-state index in [0.717, 1.165) is 18.6 Å². The standard InChI is InChI=1S/C15H25NOS/c1-12-6-4-5-7-14(12)10-13(2)16-15(8-9-17)11-18-3/h4-7,13,15-17H,8-11H2,1-3H3. The average Bonchev–Trinajstić information content (AvgIpc) is 2.33. The summed E-state index contributed by atoms with van der Waals surface area (Å²) in [7, 11) is 0. The van der Waals surface area contributed by atoms with E-state index in [0.29, 0.717) is 12.1 Å². The van der Waals surface area contributed by atoms with Crippen molar-refractivity contribution in [1.82, 2.24) is 5.32 Å². The summed E-state index contributed by atoms with van der Waals surface area (Å²) in [6, 6.07) is 9.39. The zero-order valence-electron chi connectivity index (χ0n) is 11.6. The van der Waals surface area contributed by atoms with Gasteiger partial charge in [-0.15, -0.1) is 0 Å². The topological polar surface area (TPSA) is 32.3 Å². The summed E-state index contributed by atoms with van der Waals surface area (Å²) in [4.78, 5) is 0.